The Morgan fingerprint density at radius 1 is 1.23 bits per heavy atom. The van der Waals surface area contributed by atoms with Gasteiger partial charge < -0.3 is 15.2 Å². The summed E-state index contributed by atoms with van der Waals surface area (Å²) in [5.74, 6) is 1.28. The predicted octanol–water partition coefficient (Wildman–Crippen LogP) is 5.25. The number of nitrogens with one attached hydrogen (secondary N) is 2. The predicted molar refractivity (Wildman–Crippen MR) is 110 cm³/mol. The van der Waals surface area contributed by atoms with Gasteiger partial charge in [-0.15, -0.1) is 0 Å². The molecule has 8 heteroatoms. The SMILES string of the molecule is CC(C)(C)NC(=O)N1CCC(CCc2ncc(-c3cccc(C(F)(F)F)c3)[nH]2)CC1. The van der Waals surface area contributed by atoms with Crippen LogP contribution in [0.2, 0.25) is 0 Å². The van der Waals surface area contributed by atoms with Crippen molar-refractivity contribution in [3.05, 3.63) is 41.9 Å². The van der Waals surface area contributed by atoms with Crippen molar-refractivity contribution in [2.24, 2.45) is 5.92 Å². The molecule has 2 aromatic rings. The van der Waals surface area contributed by atoms with Gasteiger partial charge in [-0.25, -0.2) is 9.78 Å². The number of benzene rings is 1. The highest BCUT2D eigenvalue weighted by molar-refractivity contribution is 5.75. The minimum atomic E-state index is -4.36. The number of hydrogen-bond donors (Lipinski definition) is 2. The van der Waals surface area contributed by atoms with E-state index in [2.05, 4.69) is 15.3 Å². The fourth-order valence-electron chi connectivity index (χ4n) is 3.66. The molecular weight excluding hydrogens is 393 g/mol. The molecule has 164 valence electrons. The topological polar surface area (TPSA) is 61.0 Å². The molecule has 1 aliphatic rings. The van der Waals surface area contributed by atoms with Gasteiger partial charge in [-0.2, -0.15) is 13.2 Å². The van der Waals surface area contributed by atoms with E-state index in [1.54, 1.807) is 12.3 Å². The number of halogens is 3. The highest BCUT2D eigenvalue weighted by Gasteiger charge is 2.30. The van der Waals surface area contributed by atoms with Crippen LogP contribution in [0.3, 0.4) is 0 Å². The van der Waals surface area contributed by atoms with Gasteiger partial charge in [0.1, 0.15) is 5.82 Å². The lowest BCUT2D eigenvalue weighted by atomic mass is 9.92. The summed E-state index contributed by atoms with van der Waals surface area (Å²) in [4.78, 5) is 21.6. The van der Waals surface area contributed by atoms with Crippen LogP contribution in [0.5, 0.6) is 0 Å². The molecule has 1 saturated heterocycles. The Morgan fingerprint density at radius 3 is 2.57 bits per heavy atom. The van der Waals surface area contributed by atoms with E-state index in [4.69, 9.17) is 0 Å². The van der Waals surface area contributed by atoms with Crippen LogP contribution in [0.15, 0.2) is 30.5 Å². The molecule has 0 saturated carbocycles. The lowest BCUT2D eigenvalue weighted by molar-refractivity contribution is -0.137. The lowest BCUT2D eigenvalue weighted by Crippen LogP contribution is -2.50. The number of rotatable bonds is 4. The molecule has 5 nitrogen and oxygen atoms in total. The number of H-pyrrole nitrogens is 1. The van der Waals surface area contributed by atoms with Crippen molar-refractivity contribution in [2.45, 2.75) is 58.2 Å². The Labute approximate surface area is 175 Å². The maximum atomic E-state index is 12.9. The minimum Gasteiger partial charge on any atom is -0.342 e. The second-order valence-electron chi connectivity index (χ2n) is 8.97. The average molecular weight is 422 g/mol. The second kappa shape index (κ2) is 8.70. The van der Waals surface area contributed by atoms with E-state index in [-0.39, 0.29) is 11.6 Å². The maximum Gasteiger partial charge on any atom is 0.416 e. The van der Waals surface area contributed by atoms with Gasteiger partial charge in [-0.1, -0.05) is 12.1 Å². The largest absolute Gasteiger partial charge is 0.416 e. The van der Waals surface area contributed by atoms with E-state index < -0.39 is 11.7 Å². The number of aromatic amines is 1. The summed E-state index contributed by atoms with van der Waals surface area (Å²) in [5, 5.41) is 2.99. The number of carbonyl (C=O) groups excluding carboxylic acids is 1. The standard InChI is InChI=1S/C22H29F3N4O/c1-21(2,3)28-20(30)29-11-9-15(10-12-29)7-8-19-26-14-18(27-19)16-5-4-6-17(13-16)22(23,24)25/h4-6,13-15H,7-12H2,1-3H3,(H,26,27)(H,28,30). The Kier molecular flexibility index (Phi) is 6.43. The number of aryl methyl sites for hydroxylation is 1. The summed E-state index contributed by atoms with van der Waals surface area (Å²) in [7, 11) is 0. The van der Waals surface area contributed by atoms with Crippen molar-refractivity contribution in [3.8, 4) is 11.3 Å². The molecule has 30 heavy (non-hydrogen) atoms. The van der Waals surface area contributed by atoms with Crippen molar-refractivity contribution in [1.82, 2.24) is 20.2 Å². The summed E-state index contributed by atoms with van der Waals surface area (Å²) in [5.41, 5.74) is 0.148. The third kappa shape index (κ3) is 6.00. The average Bonchev–Trinajstić information content (AvgIpc) is 3.14. The van der Waals surface area contributed by atoms with Gasteiger partial charge in [0, 0.05) is 30.6 Å². The van der Waals surface area contributed by atoms with Crippen LogP contribution in [0.4, 0.5) is 18.0 Å². The smallest absolute Gasteiger partial charge is 0.342 e. The molecule has 0 unspecified atom stereocenters. The van der Waals surface area contributed by atoms with Crippen LogP contribution in [-0.2, 0) is 12.6 Å². The van der Waals surface area contributed by atoms with Crippen LogP contribution in [0.1, 0.15) is 51.4 Å². The number of imidazole rings is 1. The van der Waals surface area contributed by atoms with E-state index in [9.17, 15) is 18.0 Å². The Hall–Kier alpha value is -2.51. The number of hydrogen-bond acceptors (Lipinski definition) is 2. The fourth-order valence-corrected chi connectivity index (χ4v) is 3.66. The molecule has 0 aliphatic carbocycles. The van der Waals surface area contributed by atoms with Gasteiger partial charge in [-0.3, -0.25) is 0 Å². The summed E-state index contributed by atoms with van der Waals surface area (Å²) in [6.07, 6.45) is 0.779. The summed E-state index contributed by atoms with van der Waals surface area (Å²) < 4.78 is 38.8. The molecule has 1 aromatic carbocycles. The first kappa shape index (κ1) is 22.2. The number of urea groups is 1. The molecular formula is C22H29F3N4O. The van der Waals surface area contributed by atoms with E-state index in [0.717, 1.165) is 56.7 Å². The molecule has 0 radical (unpaired) electrons. The molecule has 1 aliphatic heterocycles. The molecule has 1 aromatic heterocycles. The Morgan fingerprint density at radius 2 is 1.93 bits per heavy atom. The van der Waals surface area contributed by atoms with Crippen LogP contribution < -0.4 is 5.32 Å². The van der Waals surface area contributed by atoms with Gasteiger partial charge in [0.25, 0.3) is 0 Å². The van der Waals surface area contributed by atoms with E-state index in [0.29, 0.717) is 17.2 Å². The maximum absolute atomic E-state index is 12.9. The summed E-state index contributed by atoms with van der Waals surface area (Å²) in [6, 6.07) is 5.23. The molecule has 2 N–H and O–H groups in total. The number of piperidine rings is 1. The zero-order chi connectivity index (χ0) is 21.9. The van der Waals surface area contributed by atoms with Crippen LogP contribution in [0.25, 0.3) is 11.3 Å². The number of alkyl halides is 3. The monoisotopic (exact) mass is 422 g/mol. The normalized spacial score (nSPS) is 16.0. The molecule has 0 spiro atoms. The first-order valence-electron chi connectivity index (χ1n) is 10.3. The van der Waals surface area contributed by atoms with E-state index in [1.165, 1.54) is 6.07 Å². The van der Waals surface area contributed by atoms with Crippen LogP contribution >= 0.6 is 0 Å². The van der Waals surface area contributed by atoms with Crippen molar-refractivity contribution < 1.29 is 18.0 Å². The third-order valence-electron chi connectivity index (χ3n) is 5.30. The molecule has 1 fully saturated rings. The first-order valence-corrected chi connectivity index (χ1v) is 10.3. The van der Waals surface area contributed by atoms with Gasteiger partial charge in [0.15, 0.2) is 0 Å². The quantitative estimate of drug-likeness (QED) is 0.707. The number of carbonyl (C=O) groups is 1. The Balaban J connectivity index is 1.51. The lowest BCUT2D eigenvalue weighted by Gasteiger charge is -2.34. The molecule has 2 amide bonds. The van der Waals surface area contributed by atoms with E-state index >= 15 is 0 Å². The molecule has 2 heterocycles. The van der Waals surface area contributed by atoms with Crippen LogP contribution in [0, 0.1) is 5.92 Å². The summed E-state index contributed by atoms with van der Waals surface area (Å²) >= 11 is 0. The number of aromatic nitrogens is 2. The van der Waals surface area contributed by atoms with Gasteiger partial charge in [0.05, 0.1) is 17.5 Å². The van der Waals surface area contributed by atoms with Crippen LogP contribution in [-0.4, -0.2) is 39.5 Å². The van der Waals surface area contributed by atoms with Crippen molar-refractivity contribution >= 4 is 6.03 Å². The van der Waals surface area contributed by atoms with E-state index in [1.807, 2.05) is 25.7 Å². The highest BCUT2D eigenvalue weighted by atomic mass is 19.4. The molecule has 3 rings (SSSR count). The van der Waals surface area contributed by atoms with Gasteiger partial charge >= 0.3 is 12.2 Å². The number of amides is 2. The fraction of sp³-hybridized carbons (Fsp3) is 0.545. The third-order valence-corrected chi connectivity index (χ3v) is 5.30. The van der Waals surface area contributed by atoms with Crippen molar-refractivity contribution in [1.29, 1.82) is 0 Å². The molecule has 0 bridgehead atoms. The highest BCUT2D eigenvalue weighted by Crippen LogP contribution is 2.32. The summed E-state index contributed by atoms with van der Waals surface area (Å²) in [6.45, 7) is 7.37. The zero-order valence-electron chi connectivity index (χ0n) is 17.6. The van der Waals surface area contributed by atoms with Gasteiger partial charge in [-0.05, 0) is 58.1 Å². The minimum absolute atomic E-state index is 0.0160. The van der Waals surface area contributed by atoms with Gasteiger partial charge in [0.2, 0.25) is 0 Å². The first-order chi connectivity index (χ1) is 14.0. The zero-order valence-corrected chi connectivity index (χ0v) is 17.6. The number of likely N-dealkylation sites (tertiary alicyclic amines) is 1. The number of nitrogens with zero attached hydrogens (tertiary/aromatic N) is 2. The molecule has 0 atom stereocenters. The van der Waals surface area contributed by atoms with Crippen molar-refractivity contribution in [2.75, 3.05) is 13.1 Å². The Bertz CT molecular complexity index is 862. The van der Waals surface area contributed by atoms with Crippen molar-refractivity contribution in [3.63, 3.8) is 0 Å². The second-order valence-corrected chi connectivity index (χ2v) is 8.97.